The predicted octanol–water partition coefficient (Wildman–Crippen LogP) is 1.56. The van der Waals surface area contributed by atoms with Crippen molar-refractivity contribution < 1.29 is 4.79 Å². The Morgan fingerprint density at radius 2 is 1.80 bits per heavy atom. The third-order valence-electron chi connectivity index (χ3n) is 4.12. The van der Waals surface area contributed by atoms with Gasteiger partial charge in [0.1, 0.15) is 0 Å². The van der Waals surface area contributed by atoms with Gasteiger partial charge in [-0.1, -0.05) is 25.7 Å². The van der Waals surface area contributed by atoms with Gasteiger partial charge >= 0.3 is 0 Å². The van der Waals surface area contributed by atoms with Crippen molar-refractivity contribution in [1.82, 2.24) is 5.32 Å². The molecule has 2 fully saturated rings. The van der Waals surface area contributed by atoms with E-state index in [1.807, 2.05) is 0 Å². The molecular weight excluding hydrogens is 188 g/mol. The predicted molar refractivity (Wildman–Crippen MR) is 60.4 cm³/mol. The van der Waals surface area contributed by atoms with Crippen molar-refractivity contribution in [3.8, 4) is 0 Å². The SMILES string of the molecule is NCC1(C(=O)NC2CCCC2)CCCC1. The fourth-order valence-corrected chi connectivity index (χ4v) is 2.98. The molecule has 0 bridgehead atoms. The number of hydrogen-bond donors (Lipinski definition) is 2. The van der Waals surface area contributed by atoms with E-state index in [1.165, 1.54) is 12.8 Å². The molecular formula is C12H22N2O. The molecule has 0 radical (unpaired) electrons. The van der Waals surface area contributed by atoms with Crippen molar-refractivity contribution in [2.24, 2.45) is 11.1 Å². The Kier molecular flexibility index (Phi) is 3.29. The second kappa shape index (κ2) is 4.52. The van der Waals surface area contributed by atoms with E-state index >= 15 is 0 Å². The fourth-order valence-electron chi connectivity index (χ4n) is 2.98. The minimum atomic E-state index is -0.220. The van der Waals surface area contributed by atoms with Crippen molar-refractivity contribution in [2.75, 3.05) is 6.54 Å². The second-order valence-corrected chi connectivity index (χ2v) is 5.15. The van der Waals surface area contributed by atoms with Gasteiger partial charge in [0.2, 0.25) is 5.91 Å². The molecule has 0 atom stereocenters. The number of rotatable bonds is 3. The third kappa shape index (κ3) is 2.17. The number of nitrogens with one attached hydrogen (secondary N) is 1. The normalized spacial score (nSPS) is 25.7. The Morgan fingerprint density at radius 1 is 1.20 bits per heavy atom. The smallest absolute Gasteiger partial charge is 0.227 e. The van der Waals surface area contributed by atoms with Gasteiger partial charge in [-0.15, -0.1) is 0 Å². The number of nitrogens with two attached hydrogens (primary N) is 1. The highest BCUT2D eigenvalue weighted by atomic mass is 16.2. The minimum Gasteiger partial charge on any atom is -0.353 e. The van der Waals surface area contributed by atoms with Crippen molar-refractivity contribution in [3.63, 3.8) is 0 Å². The number of hydrogen-bond acceptors (Lipinski definition) is 2. The maximum atomic E-state index is 12.2. The number of carbonyl (C=O) groups is 1. The maximum Gasteiger partial charge on any atom is 0.227 e. The topological polar surface area (TPSA) is 55.1 Å². The van der Waals surface area contributed by atoms with Crippen LogP contribution in [0.1, 0.15) is 51.4 Å². The van der Waals surface area contributed by atoms with Gasteiger partial charge in [0.25, 0.3) is 0 Å². The van der Waals surface area contributed by atoms with Crippen LogP contribution >= 0.6 is 0 Å². The van der Waals surface area contributed by atoms with Crippen LogP contribution in [0.15, 0.2) is 0 Å². The van der Waals surface area contributed by atoms with Gasteiger partial charge in [-0.2, -0.15) is 0 Å². The van der Waals surface area contributed by atoms with Crippen LogP contribution in [0.5, 0.6) is 0 Å². The lowest BCUT2D eigenvalue weighted by Gasteiger charge is -2.27. The van der Waals surface area contributed by atoms with Crippen LogP contribution in [0, 0.1) is 5.41 Å². The summed E-state index contributed by atoms with van der Waals surface area (Å²) in [4.78, 5) is 12.2. The van der Waals surface area contributed by atoms with Gasteiger partial charge in [0.05, 0.1) is 5.41 Å². The van der Waals surface area contributed by atoms with Crippen LogP contribution in [0.25, 0.3) is 0 Å². The third-order valence-corrected chi connectivity index (χ3v) is 4.12. The van der Waals surface area contributed by atoms with E-state index in [2.05, 4.69) is 5.32 Å². The second-order valence-electron chi connectivity index (χ2n) is 5.15. The summed E-state index contributed by atoms with van der Waals surface area (Å²) < 4.78 is 0. The number of carbonyl (C=O) groups excluding carboxylic acids is 1. The Balaban J connectivity index is 1.92. The molecule has 3 N–H and O–H groups in total. The average molecular weight is 210 g/mol. The lowest BCUT2D eigenvalue weighted by molar-refractivity contribution is -0.131. The molecule has 2 saturated carbocycles. The van der Waals surface area contributed by atoms with Crippen molar-refractivity contribution in [3.05, 3.63) is 0 Å². The summed E-state index contributed by atoms with van der Waals surface area (Å²) in [6.07, 6.45) is 9.15. The molecule has 1 amide bonds. The zero-order valence-electron chi connectivity index (χ0n) is 9.43. The molecule has 3 heteroatoms. The Morgan fingerprint density at radius 3 is 2.33 bits per heavy atom. The molecule has 0 aromatic rings. The van der Waals surface area contributed by atoms with E-state index in [0.717, 1.165) is 38.5 Å². The van der Waals surface area contributed by atoms with E-state index < -0.39 is 0 Å². The summed E-state index contributed by atoms with van der Waals surface area (Å²) in [7, 11) is 0. The van der Waals surface area contributed by atoms with Gasteiger partial charge < -0.3 is 11.1 Å². The molecule has 86 valence electrons. The summed E-state index contributed by atoms with van der Waals surface area (Å²) in [6.45, 7) is 0.519. The molecule has 0 aromatic carbocycles. The lowest BCUT2D eigenvalue weighted by atomic mass is 9.85. The van der Waals surface area contributed by atoms with Crippen LogP contribution in [-0.4, -0.2) is 18.5 Å². The highest BCUT2D eigenvalue weighted by Gasteiger charge is 2.40. The van der Waals surface area contributed by atoms with Gasteiger partial charge in [-0.3, -0.25) is 4.79 Å². The summed E-state index contributed by atoms with van der Waals surface area (Å²) in [6, 6.07) is 0.432. The van der Waals surface area contributed by atoms with Gasteiger partial charge in [-0.25, -0.2) is 0 Å². The van der Waals surface area contributed by atoms with Crippen molar-refractivity contribution >= 4 is 5.91 Å². The minimum absolute atomic E-state index is 0.220. The molecule has 0 spiro atoms. The first-order valence-electron chi connectivity index (χ1n) is 6.28. The standard InChI is InChI=1S/C12H22N2O/c13-9-12(7-3-4-8-12)11(15)14-10-5-1-2-6-10/h10H,1-9,13H2,(H,14,15). The quantitative estimate of drug-likeness (QED) is 0.743. The van der Waals surface area contributed by atoms with Crippen molar-refractivity contribution in [1.29, 1.82) is 0 Å². The van der Waals surface area contributed by atoms with Crippen LogP contribution in [-0.2, 0) is 4.79 Å². The summed E-state index contributed by atoms with van der Waals surface area (Å²) in [5.74, 6) is 0.231. The van der Waals surface area contributed by atoms with E-state index in [1.54, 1.807) is 0 Å². The Bertz CT molecular complexity index is 228. The van der Waals surface area contributed by atoms with E-state index in [9.17, 15) is 4.79 Å². The number of amides is 1. The van der Waals surface area contributed by atoms with Crippen molar-refractivity contribution in [2.45, 2.75) is 57.4 Å². The highest BCUT2D eigenvalue weighted by molar-refractivity contribution is 5.83. The molecule has 0 aliphatic heterocycles. The van der Waals surface area contributed by atoms with E-state index in [0.29, 0.717) is 12.6 Å². The molecule has 2 aliphatic rings. The highest BCUT2D eigenvalue weighted by Crippen LogP contribution is 2.37. The van der Waals surface area contributed by atoms with Crippen LogP contribution in [0.4, 0.5) is 0 Å². The molecule has 0 aromatic heterocycles. The van der Waals surface area contributed by atoms with Crippen LogP contribution in [0.2, 0.25) is 0 Å². The first kappa shape index (κ1) is 10.9. The molecule has 3 nitrogen and oxygen atoms in total. The van der Waals surface area contributed by atoms with Crippen LogP contribution in [0.3, 0.4) is 0 Å². The van der Waals surface area contributed by atoms with Crippen LogP contribution < -0.4 is 11.1 Å². The summed E-state index contributed by atoms with van der Waals surface area (Å²) >= 11 is 0. The molecule has 0 unspecified atom stereocenters. The summed E-state index contributed by atoms with van der Waals surface area (Å²) in [5.41, 5.74) is 5.56. The Labute approximate surface area is 91.8 Å². The molecule has 2 rings (SSSR count). The molecule has 0 saturated heterocycles. The zero-order valence-corrected chi connectivity index (χ0v) is 9.43. The average Bonchev–Trinajstić information content (AvgIpc) is 2.87. The molecule has 15 heavy (non-hydrogen) atoms. The Hall–Kier alpha value is -0.570. The zero-order chi connectivity index (χ0) is 10.7. The first-order chi connectivity index (χ1) is 7.27. The fraction of sp³-hybridized carbons (Fsp3) is 0.917. The first-order valence-corrected chi connectivity index (χ1v) is 6.28. The van der Waals surface area contributed by atoms with Gasteiger partial charge in [0, 0.05) is 12.6 Å². The van der Waals surface area contributed by atoms with Gasteiger partial charge in [0.15, 0.2) is 0 Å². The molecule has 2 aliphatic carbocycles. The maximum absolute atomic E-state index is 12.2. The molecule has 0 heterocycles. The van der Waals surface area contributed by atoms with Gasteiger partial charge in [-0.05, 0) is 25.7 Å². The summed E-state index contributed by atoms with van der Waals surface area (Å²) in [5, 5.41) is 3.19. The van der Waals surface area contributed by atoms with E-state index in [-0.39, 0.29) is 11.3 Å². The lowest BCUT2D eigenvalue weighted by Crippen LogP contribution is -2.47. The van der Waals surface area contributed by atoms with E-state index in [4.69, 9.17) is 5.73 Å². The largest absolute Gasteiger partial charge is 0.353 e. The monoisotopic (exact) mass is 210 g/mol.